The van der Waals surface area contributed by atoms with Crippen LogP contribution in [0.15, 0.2) is 24.5 Å². The van der Waals surface area contributed by atoms with Crippen LogP contribution in [-0.4, -0.2) is 53.9 Å². The highest BCUT2D eigenvalue weighted by atomic mass is 16.2. The second-order valence-corrected chi connectivity index (χ2v) is 5.93. The fourth-order valence-electron chi connectivity index (χ4n) is 2.78. The number of rotatable bonds is 6. The number of amides is 1. The molecule has 116 valence electrons. The number of likely N-dealkylation sites (N-methyl/N-ethyl adjacent to an activating group) is 1. The highest BCUT2D eigenvalue weighted by Gasteiger charge is 2.13. The maximum atomic E-state index is 12.2. The molecule has 0 atom stereocenters. The third kappa shape index (κ3) is 5.84. The smallest absolute Gasteiger partial charge is 0.223 e. The summed E-state index contributed by atoms with van der Waals surface area (Å²) in [6.07, 6.45) is 10.4. The fourth-order valence-corrected chi connectivity index (χ4v) is 2.78. The van der Waals surface area contributed by atoms with Crippen molar-refractivity contribution in [2.75, 3.05) is 33.2 Å². The number of hydrogen-bond acceptors (Lipinski definition) is 3. The molecule has 1 aliphatic rings. The quantitative estimate of drug-likeness (QED) is 0.806. The third-order valence-corrected chi connectivity index (χ3v) is 4.25. The molecule has 1 aromatic heterocycles. The molecule has 0 aromatic carbocycles. The Morgan fingerprint density at radius 2 is 1.86 bits per heavy atom. The van der Waals surface area contributed by atoms with Gasteiger partial charge in [0, 0.05) is 39.0 Å². The number of nitrogens with zero attached hydrogens (tertiary/aromatic N) is 3. The van der Waals surface area contributed by atoms with Crippen LogP contribution in [0.3, 0.4) is 0 Å². The summed E-state index contributed by atoms with van der Waals surface area (Å²) in [5.41, 5.74) is 1.23. The van der Waals surface area contributed by atoms with Gasteiger partial charge in [-0.3, -0.25) is 9.78 Å². The average molecular weight is 289 g/mol. The summed E-state index contributed by atoms with van der Waals surface area (Å²) in [5.74, 6) is 0.258. The van der Waals surface area contributed by atoms with Crippen LogP contribution in [0.25, 0.3) is 0 Å². The number of hydrogen-bond donors (Lipinski definition) is 0. The second kappa shape index (κ2) is 8.78. The first-order chi connectivity index (χ1) is 10.3. The number of pyridine rings is 1. The maximum Gasteiger partial charge on any atom is 0.223 e. The van der Waals surface area contributed by atoms with E-state index in [9.17, 15) is 4.79 Å². The highest BCUT2D eigenvalue weighted by molar-refractivity contribution is 5.76. The van der Waals surface area contributed by atoms with Gasteiger partial charge in [-0.1, -0.05) is 12.8 Å². The highest BCUT2D eigenvalue weighted by Crippen LogP contribution is 2.10. The zero-order valence-electron chi connectivity index (χ0n) is 13.1. The van der Waals surface area contributed by atoms with Crippen molar-refractivity contribution >= 4 is 5.91 Å². The number of carbonyl (C=O) groups is 1. The van der Waals surface area contributed by atoms with Crippen LogP contribution in [-0.2, 0) is 11.2 Å². The van der Waals surface area contributed by atoms with E-state index in [2.05, 4.69) is 9.88 Å². The van der Waals surface area contributed by atoms with E-state index in [1.165, 1.54) is 31.2 Å². The molecule has 0 bridgehead atoms. The summed E-state index contributed by atoms with van der Waals surface area (Å²) in [7, 11) is 1.91. The lowest BCUT2D eigenvalue weighted by atomic mass is 10.2. The lowest BCUT2D eigenvalue weighted by Gasteiger charge is -2.22. The summed E-state index contributed by atoms with van der Waals surface area (Å²) < 4.78 is 0. The third-order valence-electron chi connectivity index (χ3n) is 4.25. The molecular formula is C17H27N3O. The van der Waals surface area contributed by atoms with E-state index in [1.807, 2.05) is 24.1 Å². The Morgan fingerprint density at radius 3 is 2.52 bits per heavy atom. The predicted octanol–water partition coefficient (Wildman–Crippen LogP) is 2.35. The van der Waals surface area contributed by atoms with Crippen LogP contribution < -0.4 is 0 Å². The second-order valence-electron chi connectivity index (χ2n) is 5.93. The molecule has 1 fully saturated rings. The first kappa shape index (κ1) is 16.0. The standard InChI is InChI=1S/C17H27N3O/c1-19(14-8-16-6-10-18-11-7-16)17(21)9-15-20-12-4-2-3-5-13-20/h6-7,10-11H,2-5,8-9,12-15H2,1H3. The SMILES string of the molecule is CN(CCc1ccncc1)C(=O)CCN1CCCCCC1. The Hall–Kier alpha value is -1.42. The maximum absolute atomic E-state index is 12.2. The van der Waals surface area contributed by atoms with E-state index in [1.54, 1.807) is 12.4 Å². The van der Waals surface area contributed by atoms with E-state index in [0.717, 1.165) is 32.6 Å². The van der Waals surface area contributed by atoms with Gasteiger partial charge in [-0.05, 0) is 50.0 Å². The van der Waals surface area contributed by atoms with Gasteiger partial charge >= 0.3 is 0 Å². The summed E-state index contributed by atoms with van der Waals surface area (Å²) in [6.45, 7) is 4.02. The zero-order valence-corrected chi connectivity index (χ0v) is 13.1. The van der Waals surface area contributed by atoms with Crippen molar-refractivity contribution in [3.05, 3.63) is 30.1 Å². The van der Waals surface area contributed by atoms with Crippen molar-refractivity contribution in [2.24, 2.45) is 0 Å². The topological polar surface area (TPSA) is 36.4 Å². The Bertz CT molecular complexity index is 413. The summed E-state index contributed by atoms with van der Waals surface area (Å²) >= 11 is 0. The van der Waals surface area contributed by atoms with Gasteiger partial charge in [-0.25, -0.2) is 0 Å². The molecule has 4 nitrogen and oxygen atoms in total. The van der Waals surface area contributed by atoms with Gasteiger partial charge in [-0.2, -0.15) is 0 Å². The summed E-state index contributed by atoms with van der Waals surface area (Å²) in [4.78, 5) is 20.5. The van der Waals surface area contributed by atoms with Crippen LogP contribution >= 0.6 is 0 Å². The van der Waals surface area contributed by atoms with Gasteiger partial charge in [0.1, 0.15) is 0 Å². The van der Waals surface area contributed by atoms with Crippen LogP contribution in [0.5, 0.6) is 0 Å². The molecule has 0 N–H and O–H groups in total. The Morgan fingerprint density at radius 1 is 1.19 bits per heavy atom. The summed E-state index contributed by atoms with van der Waals surface area (Å²) in [5, 5.41) is 0. The molecule has 1 saturated heterocycles. The molecule has 2 heterocycles. The van der Waals surface area contributed by atoms with Gasteiger partial charge in [0.2, 0.25) is 5.91 Å². The minimum absolute atomic E-state index is 0.258. The van der Waals surface area contributed by atoms with Crippen molar-refractivity contribution in [1.29, 1.82) is 0 Å². The van der Waals surface area contributed by atoms with E-state index in [-0.39, 0.29) is 5.91 Å². The van der Waals surface area contributed by atoms with Crippen molar-refractivity contribution in [3.63, 3.8) is 0 Å². The number of likely N-dealkylation sites (tertiary alicyclic amines) is 1. The van der Waals surface area contributed by atoms with Gasteiger partial charge in [0.05, 0.1) is 0 Å². The van der Waals surface area contributed by atoms with E-state index in [0.29, 0.717) is 6.42 Å². The summed E-state index contributed by atoms with van der Waals surface area (Å²) in [6, 6.07) is 4.02. The predicted molar refractivity (Wildman–Crippen MR) is 85.1 cm³/mol. The molecule has 0 aliphatic carbocycles. The molecule has 1 amide bonds. The van der Waals surface area contributed by atoms with E-state index in [4.69, 9.17) is 0 Å². The Balaban J connectivity index is 1.67. The molecule has 4 heteroatoms. The van der Waals surface area contributed by atoms with Crippen LogP contribution in [0.2, 0.25) is 0 Å². The van der Waals surface area contributed by atoms with Crippen molar-refractivity contribution < 1.29 is 4.79 Å². The largest absolute Gasteiger partial charge is 0.345 e. The Kier molecular flexibility index (Phi) is 6.67. The van der Waals surface area contributed by atoms with E-state index >= 15 is 0 Å². The molecule has 1 aromatic rings. The molecule has 21 heavy (non-hydrogen) atoms. The molecule has 2 rings (SSSR count). The zero-order chi connectivity index (χ0) is 14.9. The molecular weight excluding hydrogens is 262 g/mol. The van der Waals surface area contributed by atoms with Gasteiger partial charge < -0.3 is 9.80 Å². The van der Waals surface area contributed by atoms with Crippen LogP contribution in [0.4, 0.5) is 0 Å². The molecule has 0 saturated carbocycles. The monoisotopic (exact) mass is 289 g/mol. The molecule has 0 unspecified atom stereocenters. The van der Waals surface area contributed by atoms with Crippen molar-refractivity contribution in [1.82, 2.24) is 14.8 Å². The van der Waals surface area contributed by atoms with Gasteiger partial charge in [-0.15, -0.1) is 0 Å². The fraction of sp³-hybridized carbons (Fsp3) is 0.647. The normalized spacial score (nSPS) is 16.4. The molecule has 0 radical (unpaired) electrons. The van der Waals surface area contributed by atoms with E-state index < -0.39 is 0 Å². The molecule has 1 aliphatic heterocycles. The number of carbonyl (C=O) groups excluding carboxylic acids is 1. The minimum Gasteiger partial charge on any atom is -0.345 e. The first-order valence-corrected chi connectivity index (χ1v) is 8.11. The van der Waals surface area contributed by atoms with Crippen LogP contribution in [0, 0.1) is 0 Å². The lowest BCUT2D eigenvalue weighted by Crippen LogP contribution is -2.33. The Labute approximate surface area is 128 Å². The van der Waals surface area contributed by atoms with Crippen molar-refractivity contribution in [2.45, 2.75) is 38.5 Å². The first-order valence-electron chi connectivity index (χ1n) is 8.11. The van der Waals surface area contributed by atoms with Crippen LogP contribution in [0.1, 0.15) is 37.7 Å². The lowest BCUT2D eigenvalue weighted by molar-refractivity contribution is -0.130. The van der Waals surface area contributed by atoms with Crippen molar-refractivity contribution in [3.8, 4) is 0 Å². The van der Waals surface area contributed by atoms with Gasteiger partial charge in [0.15, 0.2) is 0 Å². The minimum atomic E-state index is 0.258. The molecule has 0 spiro atoms. The van der Waals surface area contributed by atoms with Gasteiger partial charge in [0.25, 0.3) is 0 Å². The average Bonchev–Trinajstić information content (AvgIpc) is 2.80. The number of aromatic nitrogens is 1.